The molecule has 1 aliphatic rings. The van der Waals surface area contributed by atoms with Gasteiger partial charge >= 0.3 is 88.9 Å². The molecule has 0 aromatic carbocycles. The quantitative estimate of drug-likeness (QED) is 0.551. The van der Waals surface area contributed by atoms with Gasteiger partial charge < -0.3 is 5.11 Å². The maximum atomic E-state index is 9.00. The number of rotatable bonds is 6. The first-order valence-electron chi connectivity index (χ1n) is 6.20. The Hall–Kier alpha value is 0.470. The zero-order chi connectivity index (χ0) is 11.7. The second-order valence-corrected chi connectivity index (χ2v) is 7.12. The van der Waals surface area contributed by atoms with Crippen molar-refractivity contribution >= 4 is 33.9 Å². The summed E-state index contributed by atoms with van der Waals surface area (Å²) in [5, 5.41) is 7.42. The van der Waals surface area contributed by atoms with Crippen molar-refractivity contribution < 1.29 is 9.90 Å². The normalized spacial score (nSPS) is 16.5. The molecular weight excluding hydrogens is 199 g/mol. The molecule has 1 fully saturated rings. The third-order valence-electron chi connectivity index (χ3n) is 2.99. The molecule has 0 aromatic rings. The van der Waals surface area contributed by atoms with Crippen LogP contribution in [0, 0.1) is 0 Å². The van der Waals surface area contributed by atoms with Crippen LogP contribution in [-0.4, -0.2) is 39.0 Å². The number of aliphatic carboxylic acids is 1. The molecule has 1 rings (SSSR count). The van der Waals surface area contributed by atoms with Gasteiger partial charge in [0.2, 0.25) is 0 Å². The molecule has 2 nitrogen and oxygen atoms in total. The van der Waals surface area contributed by atoms with Crippen molar-refractivity contribution in [3.05, 3.63) is 0 Å². The molecule has 1 aliphatic carbocycles. The molecule has 0 aromatic heterocycles. The van der Waals surface area contributed by atoms with Crippen LogP contribution in [0.4, 0.5) is 0 Å². The third kappa shape index (κ3) is 12.4. The summed E-state index contributed by atoms with van der Waals surface area (Å²) in [5.74, 6) is -0.833. The van der Waals surface area contributed by atoms with E-state index in [9.17, 15) is 0 Å². The zero-order valence-corrected chi connectivity index (χ0v) is 12.5. The molecule has 0 saturated heterocycles. The van der Waals surface area contributed by atoms with Gasteiger partial charge in [0, 0.05) is 6.92 Å². The predicted molar refractivity (Wildman–Crippen MR) is 64.4 cm³/mol. The molecule has 0 aliphatic heterocycles. The molecule has 0 atom stereocenters. The van der Waals surface area contributed by atoms with Crippen LogP contribution in [0.1, 0.15) is 65.2 Å². The Morgan fingerprint density at radius 3 is 2.13 bits per heavy atom. The minimum atomic E-state index is -0.833. The molecule has 3 heteroatoms. The number of unbranched alkanes of at least 4 members (excludes halogenated alkanes) is 4. The standard InChI is InChI=1S/C10H19.C2H4O2.Na/c1-2-3-4-5-6-7-10-8-9-10;1-2(3)4;/h2-9H2,1H3;1H3,(H,3,4);. The summed E-state index contributed by atoms with van der Waals surface area (Å²) in [7, 11) is 0. The fraction of sp³-hybridized carbons (Fsp3) is 0.917. The summed E-state index contributed by atoms with van der Waals surface area (Å²) in [6.45, 7) is 3.37. The van der Waals surface area contributed by atoms with Gasteiger partial charge in [0.05, 0.1) is 0 Å². The second kappa shape index (κ2) is 8.60. The fourth-order valence-electron chi connectivity index (χ4n) is 1.62. The first-order valence-corrected chi connectivity index (χ1v) is 7.20. The molecule has 84 valence electrons. The summed E-state index contributed by atoms with van der Waals surface area (Å²) >= 11 is 1.46. The molecule has 15 heavy (non-hydrogen) atoms. The number of hydrogen-bond donors (Lipinski definition) is 1. The van der Waals surface area contributed by atoms with Crippen LogP contribution in [-0.2, 0) is 4.79 Å². The molecule has 0 amide bonds. The SMILES string of the molecule is CC(=O)O.CCCCCCC[C]1([Na])CC1. The second-order valence-electron chi connectivity index (χ2n) is 4.99. The predicted octanol–water partition coefficient (Wildman–Crippen LogP) is 3.56. The van der Waals surface area contributed by atoms with Gasteiger partial charge in [-0.1, -0.05) is 0 Å². The van der Waals surface area contributed by atoms with E-state index in [0.717, 1.165) is 9.59 Å². The van der Waals surface area contributed by atoms with Crippen LogP contribution in [0.3, 0.4) is 0 Å². The van der Waals surface area contributed by atoms with Crippen molar-refractivity contribution in [2.45, 2.75) is 67.9 Å². The molecule has 0 bridgehead atoms. The molecule has 1 saturated carbocycles. The van der Waals surface area contributed by atoms with Gasteiger partial charge in [-0.15, -0.1) is 0 Å². The summed E-state index contributed by atoms with van der Waals surface area (Å²) in [6, 6.07) is 0. The molecule has 0 spiro atoms. The Kier molecular flexibility index (Phi) is 8.87. The van der Waals surface area contributed by atoms with E-state index in [0.29, 0.717) is 0 Å². The van der Waals surface area contributed by atoms with E-state index in [1.54, 1.807) is 19.3 Å². The van der Waals surface area contributed by atoms with Crippen molar-refractivity contribution in [1.29, 1.82) is 0 Å². The van der Waals surface area contributed by atoms with Gasteiger partial charge in [-0.25, -0.2) is 0 Å². The third-order valence-corrected chi connectivity index (χ3v) is 4.49. The van der Waals surface area contributed by atoms with E-state index in [4.69, 9.17) is 9.90 Å². The van der Waals surface area contributed by atoms with Gasteiger partial charge in [0.25, 0.3) is 5.97 Å². The van der Waals surface area contributed by atoms with Gasteiger partial charge in [-0.3, -0.25) is 4.79 Å². The van der Waals surface area contributed by atoms with Crippen molar-refractivity contribution in [2.75, 3.05) is 0 Å². The number of carbonyl (C=O) groups is 1. The van der Waals surface area contributed by atoms with Crippen LogP contribution in [0.15, 0.2) is 0 Å². The topological polar surface area (TPSA) is 37.3 Å². The Balaban J connectivity index is 0.000000423. The number of hydrogen-bond acceptors (Lipinski definition) is 1. The van der Waals surface area contributed by atoms with Crippen LogP contribution < -0.4 is 0 Å². The summed E-state index contributed by atoms with van der Waals surface area (Å²) < 4.78 is 0.937. The Bertz CT molecular complexity index is 172. The van der Waals surface area contributed by atoms with Crippen molar-refractivity contribution in [1.82, 2.24) is 0 Å². The van der Waals surface area contributed by atoms with Crippen molar-refractivity contribution in [2.24, 2.45) is 0 Å². The van der Waals surface area contributed by atoms with E-state index >= 15 is 0 Å². The average molecular weight is 222 g/mol. The summed E-state index contributed by atoms with van der Waals surface area (Å²) in [5.41, 5.74) is 0. The summed E-state index contributed by atoms with van der Waals surface area (Å²) in [6.07, 6.45) is 12.0. The van der Waals surface area contributed by atoms with Crippen LogP contribution >= 0.6 is 0 Å². The van der Waals surface area contributed by atoms with Gasteiger partial charge in [-0.05, 0) is 0 Å². The molecule has 0 unspecified atom stereocenters. The van der Waals surface area contributed by atoms with Crippen LogP contribution in [0.5, 0.6) is 0 Å². The van der Waals surface area contributed by atoms with Crippen molar-refractivity contribution in [3.63, 3.8) is 0 Å². The van der Waals surface area contributed by atoms with E-state index in [1.165, 1.54) is 60.0 Å². The molecule has 1 N–H and O–H groups in total. The van der Waals surface area contributed by atoms with E-state index in [2.05, 4.69) is 6.92 Å². The molecule has 0 radical (unpaired) electrons. The Morgan fingerprint density at radius 2 is 1.73 bits per heavy atom. The maximum absolute atomic E-state index is 9.00. The summed E-state index contributed by atoms with van der Waals surface area (Å²) in [4.78, 5) is 9.00. The molecule has 0 heterocycles. The first kappa shape index (κ1) is 15.5. The van der Waals surface area contributed by atoms with Crippen LogP contribution in [0.25, 0.3) is 0 Å². The number of carboxylic acids is 1. The first-order chi connectivity index (χ1) is 7.00. The number of carboxylic acid groups (broad SMARTS) is 1. The van der Waals surface area contributed by atoms with Crippen molar-refractivity contribution in [3.8, 4) is 0 Å². The fourth-order valence-corrected chi connectivity index (χ4v) is 2.22. The van der Waals surface area contributed by atoms with Gasteiger partial charge in [0.1, 0.15) is 0 Å². The average Bonchev–Trinajstić information content (AvgIpc) is 2.83. The van der Waals surface area contributed by atoms with E-state index < -0.39 is 5.97 Å². The Labute approximate surface area is 111 Å². The van der Waals surface area contributed by atoms with Gasteiger partial charge in [0.15, 0.2) is 0 Å². The Morgan fingerprint density at radius 1 is 1.27 bits per heavy atom. The zero-order valence-electron chi connectivity index (χ0n) is 10.5. The molecular formula is C12H23NaO2. The van der Waals surface area contributed by atoms with Gasteiger partial charge in [-0.2, -0.15) is 0 Å². The van der Waals surface area contributed by atoms with Crippen LogP contribution in [0.2, 0.25) is 2.66 Å². The minimum absolute atomic E-state index is 0.833. The van der Waals surface area contributed by atoms with E-state index in [-0.39, 0.29) is 0 Å². The monoisotopic (exact) mass is 222 g/mol. The van der Waals surface area contributed by atoms with E-state index in [1.807, 2.05) is 0 Å².